The molecule has 6 heteroatoms. The summed E-state index contributed by atoms with van der Waals surface area (Å²) in [5.74, 6) is 0.0130. The number of carbonyl (C=O) groups is 1. The van der Waals surface area contributed by atoms with Crippen LogP contribution in [0.1, 0.15) is 13.3 Å². The lowest BCUT2D eigenvalue weighted by Crippen LogP contribution is -3.14. The molecular formula is C17H23N4O2+. The summed E-state index contributed by atoms with van der Waals surface area (Å²) in [6.07, 6.45) is 2.46. The van der Waals surface area contributed by atoms with Gasteiger partial charge >= 0.3 is 0 Å². The fraction of sp³-hybridized carbons (Fsp3) is 0.471. The Labute approximate surface area is 135 Å². The summed E-state index contributed by atoms with van der Waals surface area (Å²) in [5, 5.41) is 0. The minimum Gasteiger partial charge on any atom is -0.332 e. The fourth-order valence-electron chi connectivity index (χ4n) is 3.19. The molecule has 1 saturated heterocycles. The molecule has 0 atom stereocenters. The Balaban J connectivity index is 1.74. The molecule has 0 aliphatic carbocycles. The van der Waals surface area contributed by atoms with E-state index in [1.165, 1.54) is 17.2 Å². The molecule has 1 N–H and O–H groups in total. The van der Waals surface area contributed by atoms with Crippen molar-refractivity contribution in [2.75, 3.05) is 32.7 Å². The molecule has 0 radical (unpaired) electrons. The molecule has 1 aromatic carbocycles. The third-order valence-electron chi connectivity index (χ3n) is 4.47. The number of quaternary nitrogens is 1. The van der Waals surface area contributed by atoms with E-state index in [0.717, 1.165) is 38.2 Å². The number of hydrogen-bond acceptors (Lipinski definition) is 3. The standard InChI is InChI=1S/C17H22N4O2/c1-2-7-19-8-10-20(11-9-19)17(23)13-21-15-6-4-3-5-14(15)18-12-16(21)22/h3-6,12H,2,7-11,13H2,1H3/p+1. The van der Waals surface area contributed by atoms with Gasteiger partial charge in [0.1, 0.15) is 6.54 Å². The van der Waals surface area contributed by atoms with Crippen LogP contribution in [0.3, 0.4) is 0 Å². The molecule has 0 bridgehead atoms. The first-order chi connectivity index (χ1) is 11.2. The number of fused-ring (bicyclic) bond motifs is 1. The highest BCUT2D eigenvalue weighted by Gasteiger charge is 2.23. The van der Waals surface area contributed by atoms with Crippen molar-refractivity contribution in [3.63, 3.8) is 0 Å². The molecule has 1 fully saturated rings. The lowest BCUT2D eigenvalue weighted by molar-refractivity contribution is -0.904. The smallest absolute Gasteiger partial charge is 0.269 e. The number of para-hydroxylation sites is 2. The van der Waals surface area contributed by atoms with Crippen molar-refractivity contribution in [3.8, 4) is 0 Å². The molecule has 0 spiro atoms. The number of hydrogen-bond donors (Lipinski definition) is 1. The second kappa shape index (κ2) is 6.91. The lowest BCUT2D eigenvalue weighted by Gasteiger charge is -2.32. The maximum Gasteiger partial charge on any atom is 0.269 e. The molecular weight excluding hydrogens is 292 g/mol. The van der Waals surface area contributed by atoms with Gasteiger partial charge in [0.15, 0.2) is 0 Å². The van der Waals surface area contributed by atoms with Crippen LogP contribution in [0.2, 0.25) is 0 Å². The van der Waals surface area contributed by atoms with Crippen LogP contribution in [0, 0.1) is 0 Å². The van der Waals surface area contributed by atoms with E-state index in [0.29, 0.717) is 5.52 Å². The van der Waals surface area contributed by atoms with Gasteiger partial charge in [-0.15, -0.1) is 0 Å². The summed E-state index contributed by atoms with van der Waals surface area (Å²) in [6.45, 7) is 6.96. The molecule has 1 aliphatic rings. The van der Waals surface area contributed by atoms with Crippen molar-refractivity contribution in [2.45, 2.75) is 19.9 Å². The molecule has 3 rings (SSSR count). The van der Waals surface area contributed by atoms with Crippen LogP contribution in [0.15, 0.2) is 35.3 Å². The van der Waals surface area contributed by atoms with E-state index in [-0.39, 0.29) is 18.0 Å². The van der Waals surface area contributed by atoms with Gasteiger partial charge in [0, 0.05) is 0 Å². The highest BCUT2D eigenvalue weighted by molar-refractivity contribution is 5.80. The topological polar surface area (TPSA) is 59.6 Å². The highest BCUT2D eigenvalue weighted by atomic mass is 16.2. The molecule has 2 heterocycles. The number of amides is 1. The fourth-order valence-corrected chi connectivity index (χ4v) is 3.19. The first-order valence-electron chi connectivity index (χ1n) is 8.25. The van der Waals surface area contributed by atoms with Gasteiger partial charge < -0.3 is 9.80 Å². The summed E-state index contributed by atoms with van der Waals surface area (Å²) in [6, 6.07) is 7.42. The second-order valence-electron chi connectivity index (χ2n) is 6.05. The van der Waals surface area contributed by atoms with Crippen molar-refractivity contribution < 1.29 is 9.69 Å². The van der Waals surface area contributed by atoms with Crippen molar-refractivity contribution >= 4 is 16.9 Å². The van der Waals surface area contributed by atoms with Crippen molar-refractivity contribution in [2.24, 2.45) is 0 Å². The zero-order valence-corrected chi connectivity index (χ0v) is 13.5. The maximum absolute atomic E-state index is 12.6. The number of rotatable bonds is 4. The number of benzene rings is 1. The Kier molecular flexibility index (Phi) is 4.71. The zero-order chi connectivity index (χ0) is 16.2. The Morgan fingerprint density at radius 2 is 2.00 bits per heavy atom. The van der Waals surface area contributed by atoms with Crippen molar-refractivity contribution in [1.82, 2.24) is 14.5 Å². The molecule has 23 heavy (non-hydrogen) atoms. The van der Waals surface area contributed by atoms with Gasteiger partial charge in [-0.3, -0.25) is 14.2 Å². The number of nitrogens with one attached hydrogen (secondary N) is 1. The Morgan fingerprint density at radius 3 is 2.74 bits per heavy atom. The van der Waals surface area contributed by atoms with E-state index < -0.39 is 0 Å². The molecule has 0 unspecified atom stereocenters. The average Bonchev–Trinajstić information content (AvgIpc) is 2.58. The molecule has 122 valence electrons. The predicted octanol–water partition coefficient (Wildman–Crippen LogP) is -0.466. The quantitative estimate of drug-likeness (QED) is 0.830. The van der Waals surface area contributed by atoms with E-state index in [4.69, 9.17) is 0 Å². The second-order valence-corrected chi connectivity index (χ2v) is 6.05. The monoisotopic (exact) mass is 315 g/mol. The molecule has 1 aromatic heterocycles. The van der Waals surface area contributed by atoms with Crippen molar-refractivity contribution in [3.05, 3.63) is 40.8 Å². The highest BCUT2D eigenvalue weighted by Crippen LogP contribution is 2.08. The Morgan fingerprint density at radius 1 is 1.26 bits per heavy atom. The number of nitrogens with zero attached hydrogens (tertiary/aromatic N) is 3. The molecule has 6 nitrogen and oxygen atoms in total. The Hall–Kier alpha value is -2.21. The van der Waals surface area contributed by atoms with Crippen LogP contribution in [0.4, 0.5) is 0 Å². The number of piperazine rings is 1. The van der Waals surface area contributed by atoms with Gasteiger partial charge in [-0.1, -0.05) is 19.1 Å². The van der Waals surface area contributed by atoms with E-state index in [1.807, 2.05) is 29.2 Å². The Bertz CT molecular complexity index is 748. The number of aromatic nitrogens is 2. The zero-order valence-electron chi connectivity index (χ0n) is 13.5. The van der Waals surface area contributed by atoms with Crippen LogP contribution in [-0.2, 0) is 11.3 Å². The minimum atomic E-state index is -0.229. The third-order valence-corrected chi connectivity index (χ3v) is 4.47. The van der Waals surface area contributed by atoms with Gasteiger partial charge in [-0.05, 0) is 18.6 Å². The van der Waals surface area contributed by atoms with E-state index >= 15 is 0 Å². The lowest BCUT2D eigenvalue weighted by atomic mass is 10.2. The largest absolute Gasteiger partial charge is 0.332 e. The number of carbonyl (C=O) groups excluding carboxylic acids is 1. The van der Waals surface area contributed by atoms with Crippen LogP contribution >= 0.6 is 0 Å². The van der Waals surface area contributed by atoms with Crippen LogP contribution < -0.4 is 10.5 Å². The van der Waals surface area contributed by atoms with Gasteiger partial charge in [-0.25, -0.2) is 4.98 Å². The average molecular weight is 315 g/mol. The van der Waals surface area contributed by atoms with Crippen molar-refractivity contribution in [1.29, 1.82) is 0 Å². The first-order valence-corrected chi connectivity index (χ1v) is 8.25. The summed E-state index contributed by atoms with van der Waals surface area (Å²) in [4.78, 5) is 32.2. The molecule has 1 aliphatic heterocycles. The van der Waals surface area contributed by atoms with E-state index in [1.54, 1.807) is 4.90 Å². The summed E-state index contributed by atoms with van der Waals surface area (Å²) >= 11 is 0. The van der Waals surface area contributed by atoms with Gasteiger partial charge in [-0.2, -0.15) is 0 Å². The summed E-state index contributed by atoms with van der Waals surface area (Å²) in [7, 11) is 0. The summed E-state index contributed by atoms with van der Waals surface area (Å²) in [5.41, 5.74) is 1.22. The molecule has 2 aromatic rings. The molecule has 0 saturated carbocycles. The normalized spacial score (nSPS) is 16.0. The molecule has 1 amide bonds. The SMILES string of the molecule is CCC[NH+]1CCN(C(=O)Cn2c(=O)cnc3ccccc32)CC1. The maximum atomic E-state index is 12.6. The first kappa shape index (κ1) is 15.7. The van der Waals surface area contributed by atoms with Gasteiger partial charge in [0.05, 0.1) is 50.0 Å². The van der Waals surface area contributed by atoms with Crippen LogP contribution in [0.5, 0.6) is 0 Å². The van der Waals surface area contributed by atoms with Crippen LogP contribution in [-0.4, -0.2) is 53.1 Å². The predicted molar refractivity (Wildman–Crippen MR) is 88.4 cm³/mol. The third kappa shape index (κ3) is 3.42. The van der Waals surface area contributed by atoms with E-state index in [9.17, 15) is 9.59 Å². The van der Waals surface area contributed by atoms with Crippen LogP contribution in [0.25, 0.3) is 11.0 Å². The van der Waals surface area contributed by atoms with E-state index in [2.05, 4.69) is 11.9 Å². The van der Waals surface area contributed by atoms with Gasteiger partial charge in [0.2, 0.25) is 5.91 Å². The summed E-state index contributed by atoms with van der Waals surface area (Å²) < 4.78 is 1.52. The van der Waals surface area contributed by atoms with Gasteiger partial charge in [0.25, 0.3) is 5.56 Å². The minimum absolute atomic E-state index is 0.0130.